The van der Waals surface area contributed by atoms with E-state index in [-0.39, 0.29) is 5.41 Å². The molecule has 0 aliphatic heterocycles. The molecule has 1 aliphatic rings. The maximum atomic E-state index is 2.53. The average Bonchev–Trinajstić information content (AvgIpc) is 3.67. The lowest BCUT2D eigenvalue weighted by molar-refractivity contribution is 0.661. The highest BCUT2D eigenvalue weighted by Gasteiger charge is 2.37. The molecule has 0 fully saturated rings. The van der Waals surface area contributed by atoms with Gasteiger partial charge in [0.1, 0.15) is 0 Å². The third kappa shape index (κ3) is 3.89. The standard InChI is InChI=1S/C47H32S/c1-47(2)40-22-12-11-21-37(40)46-33-18-8-7-17-32(33)39(28-41(46)47)45-35-20-10-9-19-34(35)44(29-14-4-3-5-15-29)36-25-24-31(26-38(36)45)43-27-30-16-6-13-23-42(30)48-43/h3-28H,1-2H3. The second-order valence-corrected chi connectivity index (χ2v) is 14.7. The Hall–Kier alpha value is -5.50. The van der Waals surface area contributed by atoms with Gasteiger partial charge >= 0.3 is 0 Å². The lowest BCUT2D eigenvalue weighted by Gasteiger charge is -2.24. The van der Waals surface area contributed by atoms with Crippen LogP contribution in [0.1, 0.15) is 25.0 Å². The van der Waals surface area contributed by atoms with Crippen LogP contribution in [0.25, 0.3) is 86.2 Å². The van der Waals surface area contributed by atoms with Crippen LogP contribution in [0, 0.1) is 0 Å². The Balaban J connectivity index is 1.37. The molecule has 0 N–H and O–H groups in total. The van der Waals surface area contributed by atoms with Gasteiger partial charge in [-0.1, -0.05) is 147 Å². The van der Waals surface area contributed by atoms with Crippen LogP contribution < -0.4 is 0 Å². The Bertz CT molecular complexity index is 2710. The zero-order valence-electron chi connectivity index (χ0n) is 26.9. The van der Waals surface area contributed by atoms with Crippen molar-refractivity contribution in [3.8, 4) is 43.8 Å². The summed E-state index contributed by atoms with van der Waals surface area (Å²) in [6, 6.07) is 58.8. The zero-order valence-corrected chi connectivity index (χ0v) is 27.7. The van der Waals surface area contributed by atoms with Crippen LogP contribution in [0.15, 0.2) is 158 Å². The van der Waals surface area contributed by atoms with E-state index in [1.54, 1.807) is 0 Å². The quantitative estimate of drug-likeness (QED) is 0.171. The molecule has 0 saturated heterocycles. The molecule has 9 aromatic rings. The highest BCUT2D eigenvalue weighted by Crippen LogP contribution is 2.55. The maximum Gasteiger partial charge on any atom is 0.0355 e. The molecule has 1 heteroatoms. The number of benzene rings is 8. The smallest absolute Gasteiger partial charge is 0.0355 e. The van der Waals surface area contributed by atoms with Crippen molar-refractivity contribution in [2.24, 2.45) is 0 Å². The summed E-state index contributed by atoms with van der Waals surface area (Å²) < 4.78 is 1.32. The minimum atomic E-state index is -0.109. The normalized spacial score (nSPS) is 13.4. The van der Waals surface area contributed by atoms with Gasteiger partial charge in [-0.2, -0.15) is 0 Å². The molecule has 48 heavy (non-hydrogen) atoms. The summed E-state index contributed by atoms with van der Waals surface area (Å²) in [5, 5.41) is 9.08. The minimum absolute atomic E-state index is 0.109. The molecular formula is C47H32S. The third-order valence-electron chi connectivity index (χ3n) is 10.7. The zero-order chi connectivity index (χ0) is 32.0. The lowest BCUT2D eigenvalue weighted by Crippen LogP contribution is -2.15. The summed E-state index contributed by atoms with van der Waals surface area (Å²) in [7, 11) is 0. The first-order valence-electron chi connectivity index (χ1n) is 16.8. The van der Waals surface area contributed by atoms with E-state index < -0.39 is 0 Å². The van der Waals surface area contributed by atoms with E-state index in [1.807, 2.05) is 11.3 Å². The molecule has 0 atom stereocenters. The molecule has 1 aliphatic carbocycles. The van der Waals surface area contributed by atoms with Crippen molar-refractivity contribution >= 4 is 53.7 Å². The van der Waals surface area contributed by atoms with Crippen molar-refractivity contribution in [2.45, 2.75) is 19.3 Å². The van der Waals surface area contributed by atoms with Gasteiger partial charge in [0.15, 0.2) is 0 Å². The molecule has 0 amide bonds. The van der Waals surface area contributed by atoms with E-state index in [9.17, 15) is 0 Å². The fraction of sp³-hybridized carbons (Fsp3) is 0.0638. The molecule has 0 nitrogen and oxygen atoms in total. The van der Waals surface area contributed by atoms with Gasteiger partial charge in [-0.15, -0.1) is 11.3 Å². The number of fused-ring (bicyclic) bond motifs is 8. The van der Waals surface area contributed by atoms with Crippen molar-refractivity contribution in [1.82, 2.24) is 0 Å². The second-order valence-electron chi connectivity index (χ2n) is 13.6. The Kier molecular flexibility index (Phi) is 5.89. The lowest BCUT2D eigenvalue weighted by atomic mass is 9.79. The van der Waals surface area contributed by atoms with Crippen LogP contribution in [0.2, 0.25) is 0 Å². The molecule has 0 radical (unpaired) electrons. The SMILES string of the molecule is CC1(C)c2ccccc2-c2c1cc(-c1c3ccccc3c(-c3ccccc3)c3ccc(-c4cc5ccccc5s4)cc13)c1ccccc21. The molecular weight excluding hydrogens is 597 g/mol. The van der Waals surface area contributed by atoms with Gasteiger partial charge in [-0.05, 0) is 112 Å². The monoisotopic (exact) mass is 628 g/mol. The Labute approximate surface area is 284 Å². The Morgan fingerprint density at radius 3 is 1.81 bits per heavy atom. The molecule has 0 saturated carbocycles. The maximum absolute atomic E-state index is 2.53. The number of hydrogen-bond acceptors (Lipinski definition) is 1. The van der Waals surface area contributed by atoms with Crippen molar-refractivity contribution in [3.63, 3.8) is 0 Å². The van der Waals surface area contributed by atoms with E-state index in [0.717, 1.165) is 0 Å². The van der Waals surface area contributed by atoms with E-state index in [2.05, 4.69) is 172 Å². The summed E-state index contributed by atoms with van der Waals surface area (Å²) in [5.74, 6) is 0. The molecule has 226 valence electrons. The van der Waals surface area contributed by atoms with Crippen LogP contribution in [-0.2, 0) is 5.41 Å². The van der Waals surface area contributed by atoms with E-state index >= 15 is 0 Å². The first-order valence-corrected chi connectivity index (χ1v) is 17.6. The predicted molar refractivity (Wildman–Crippen MR) is 208 cm³/mol. The first kappa shape index (κ1) is 27.6. The average molecular weight is 629 g/mol. The molecule has 1 heterocycles. The predicted octanol–water partition coefficient (Wildman–Crippen LogP) is 13.7. The van der Waals surface area contributed by atoms with Crippen LogP contribution in [0.3, 0.4) is 0 Å². The highest BCUT2D eigenvalue weighted by atomic mass is 32.1. The summed E-state index contributed by atoms with van der Waals surface area (Å²) in [6.07, 6.45) is 0. The molecule has 1 aromatic heterocycles. The topological polar surface area (TPSA) is 0 Å². The van der Waals surface area contributed by atoms with Crippen molar-refractivity contribution < 1.29 is 0 Å². The van der Waals surface area contributed by atoms with Crippen molar-refractivity contribution in [3.05, 3.63) is 169 Å². The van der Waals surface area contributed by atoms with E-state index in [1.165, 1.54) is 97.4 Å². The van der Waals surface area contributed by atoms with E-state index in [4.69, 9.17) is 0 Å². The minimum Gasteiger partial charge on any atom is -0.135 e. The highest BCUT2D eigenvalue weighted by molar-refractivity contribution is 7.22. The first-order chi connectivity index (χ1) is 23.6. The van der Waals surface area contributed by atoms with Gasteiger partial charge in [-0.3, -0.25) is 0 Å². The van der Waals surface area contributed by atoms with Crippen molar-refractivity contribution in [2.75, 3.05) is 0 Å². The van der Waals surface area contributed by atoms with Gasteiger partial charge in [0.25, 0.3) is 0 Å². The fourth-order valence-corrected chi connectivity index (χ4v) is 9.48. The molecule has 0 bridgehead atoms. The fourth-order valence-electron chi connectivity index (χ4n) is 8.42. The summed E-state index contributed by atoms with van der Waals surface area (Å²) in [6.45, 7) is 4.79. The van der Waals surface area contributed by atoms with Gasteiger partial charge in [0.05, 0.1) is 0 Å². The number of rotatable bonds is 3. The van der Waals surface area contributed by atoms with Crippen LogP contribution in [-0.4, -0.2) is 0 Å². The number of thiophene rings is 1. The van der Waals surface area contributed by atoms with Crippen LogP contribution >= 0.6 is 11.3 Å². The summed E-state index contributed by atoms with van der Waals surface area (Å²) in [4.78, 5) is 1.30. The van der Waals surface area contributed by atoms with Crippen molar-refractivity contribution in [1.29, 1.82) is 0 Å². The largest absolute Gasteiger partial charge is 0.135 e. The summed E-state index contributed by atoms with van der Waals surface area (Å²) in [5.41, 5.74) is 11.9. The second kappa shape index (κ2) is 10.2. The van der Waals surface area contributed by atoms with Gasteiger partial charge in [-0.25, -0.2) is 0 Å². The van der Waals surface area contributed by atoms with E-state index in [0.29, 0.717) is 0 Å². The van der Waals surface area contributed by atoms with Crippen LogP contribution in [0.5, 0.6) is 0 Å². The molecule has 10 rings (SSSR count). The van der Waals surface area contributed by atoms with Crippen LogP contribution in [0.4, 0.5) is 0 Å². The third-order valence-corrected chi connectivity index (χ3v) is 11.8. The Morgan fingerprint density at radius 2 is 1.02 bits per heavy atom. The van der Waals surface area contributed by atoms with Gasteiger partial charge in [0.2, 0.25) is 0 Å². The molecule has 0 spiro atoms. The number of hydrogen-bond donors (Lipinski definition) is 0. The molecule has 8 aromatic carbocycles. The van der Waals surface area contributed by atoms with Gasteiger partial charge < -0.3 is 0 Å². The van der Waals surface area contributed by atoms with Gasteiger partial charge in [0, 0.05) is 15.0 Å². The molecule has 0 unspecified atom stereocenters. The summed E-state index contributed by atoms with van der Waals surface area (Å²) >= 11 is 1.88. The Morgan fingerprint density at radius 1 is 0.396 bits per heavy atom.